The van der Waals surface area contributed by atoms with Crippen molar-refractivity contribution in [1.29, 1.82) is 0 Å². The third-order valence-electron chi connectivity index (χ3n) is 2.78. The van der Waals surface area contributed by atoms with Gasteiger partial charge in [-0.3, -0.25) is 4.79 Å². The maximum atomic E-state index is 11.9. The standard InChI is InChI=1S/C15H19N3OS/c1-15(2,3)13(19)17-11-5-7-12(8-6-11)20-14-16-9-10-18(14)4/h5-10H,1-4H3,(H,17,19). The molecule has 20 heavy (non-hydrogen) atoms. The second kappa shape index (κ2) is 5.71. The predicted molar refractivity (Wildman–Crippen MR) is 81.9 cm³/mol. The Morgan fingerprint density at radius 3 is 2.40 bits per heavy atom. The van der Waals surface area contributed by atoms with Crippen molar-refractivity contribution in [2.75, 3.05) is 5.32 Å². The normalized spacial score (nSPS) is 11.4. The number of carbonyl (C=O) groups is 1. The van der Waals surface area contributed by atoms with Crippen LogP contribution in [0.4, 0.5) is 5.69 Å². The van der Waals surface area contributed by atoms with Crippen molar-refractivity contribution in [1.82, 2.24) is 9.55 Å². The molecule has 0 unspecified atom stereocenters. The molecule has 2 rings (SSSR count). The number of carbonyl (C=O) groups excluding carboxylic acids is 1. The fourth-order valence-electron chi connectivity index (χ4n) is 1.48. The monoisotopic (exact) mass is 289 g/mol. The average Bonchev–Trinajstić information content (AvgIpc) is 2.76. The molecule has 1 amide bonds. The van der Waals surface area contributed by atoms with Gasteiger partial charge in [0, 0.05) is 35.4 Å². The van der Waals surface area contributed by atoms with E-state index in [1.807, 2.05) is 62.8 Å². The summed E-state index contributed by atoms with van der Waals surface area (Å²) >= 11 is 1.59. The van der Waals surface area contributed by atoms with Crippen LogP contribution in [-0.2, 0) is 11.8 Å². The summed E-state index contributed by atoms with van der Waals surface area (Å²) in [5.74, 6) is 0.0157. The third kappa shape index (κ3) is 3.63. The maximum Gasteiger partial charge on any atom is 0.229 e. The molecule has 0 aliphatic rings. The van der Waals surface area contributed by atoms with E-state index in [0.29, 0.717) is 0 Å². The summed E-state index contributed by atoms with van der Waals surface area (Å²) in [5, 5.41) is 3.85. The second-order valence-corrected chi connectivity index (χ2v) is 6.69. The number of imidazole rings is 1. The molecule has 1 aromatic carbocycles. The van der Waals surface area contributed by atoms with E-state index in [1.54, 1.807) is 18.0 Å². The zero-order valence-electron chi connectivity index (χ0n) is 12.2. The predicted octanol–water partition coefficient (Wildman–Crippen LogP) is 3.56. The van der Waals surface area contributed by atoms with Crippen molar-refractivity contribution in [3.8, 4) is 0 Å². The number of rotatable bonds is 3. The van der Waals surface area contributed by atoms with Gasteiger partial charge in [-0.1, -0.05) is 32.5 Å². The summed E-state index contributed by atoms with van der Waals surface area (Å²) in [6.07, 6.45) is 3.69. The number of aromatic nitrogens is 2. The van der Waals surface area contributed by atoms with Crippen molar-refractivity contribution in [3.63, 3.8) is 0 Å². The first-order chi connectivity index (χ1) is 9.36. The zero-order valence-corrected chi connectivity index (χ0v) is 13.0. The summed E-state index contributed by atoms with van der Waals surface area (Å²) in [7, 11) is 1.97. The highest BCUT2D eigenvalue weighted by atomic mass is 32.2. The number of amides is 1. The number of aryl methyl sites for hydroxylation is 1. The van der Waals surface area contributed by atoms with Gasteiger partial charge in [-0.15, -0.1) is 0 Å². The van der Waals surface area contributed by atoms with Gasteiger partial charge in [0.05, 0.1) is 0 Å². The van der Waals surface area contributed by atoms with E-state index < -0.39 is 0 Å². The number of anilines is 1. The van der Waals surface area contributed by atoms with Crippen molar-refractivity contribution < 1.29 is 4.79 Å². The molecule has 1 aromatic heterocycles. The van der Waals surface area contributed by atoms with E-state index in [2.05, 4.69) is 10.3 Å². The summed E-state index contributed by atoms with van der Waals surface area (Å²) < 4.78 is 1.97. The van der Waals surface area contributed by atoms with Gasteiger partial charge in [-0.05, 0) is 24.3 Å². The highest BCUT2D eigenvalue weighted by Gasteiger charge is 2.20. The second-order valence-electron chi connectivity index (χ2n) is 5.65. The SMILES string of the molecule is Cn1ccnc1Sc1ccc(NC(=O)C(C)(C)C)cc1. The van der Waals surface area contributed by atoms with Gasteiger partial charge in [-0.25, -0.2) is 4.98 Å². The minimum atomic E-state index is -0.389. The van der Waals surface area contributed by atoms with Crippen molar-refractivity contribution in [2.45, 2.75) is 30.8 Å². The Morgan fingerprint density at radius 1 is 1.25 bits per heavy atom. The lowest BCUT2D eigenvalue weighted by atomic mass is 9.95. The van der Waals surface area contributed by atoms with Crippen LogP contribution in [0.15, 0.2) is 46.7 Å². The van der Waals surface area contributed by atoms with Crippen molar-refractivity contribution in [2.24, 2.45) is 12.5 Å². The topological polar surface area (TPSA) is 46.9 Å². The molecule has 0 aliphatic heterocycles. The summed E-state index contributed by atoms with van der Waals surface area (Å²) in [6, 6.07) is 7.79. The molecular formula is C15H19N3OS. The van der Waals surface area contributed by atoms with E-state index >= 15 is 0 Å². The lowest BCUT2D eigenvalue weighted by molar-refractivity contribution is -0.123. The Balaban J connectivity index is 2.04. The Labute approximate surface area is 123 Å². The molecule has 0 saturated heterocycles. The van der Waals surface area contributed by atoms with E-state index in [0.717, 1.165) is 15.7 Å². The van der Waals surface area contributed by atoms with Crippen LogP contribution < -0.4 is 5.32 Å². The largest absolute Gasteiger partial charge is 0.329 e. The molecule has 0 atom stereocenters. The summed E-state index contributed by atoms with van der Waals surface area (Å²) in [5.41, 5.74) is 0.425. The molecule has 2 aromatic rings. The lowest BCUT2D eigenvalue weighted by Gasteiger charge is -2.17. The van der Waals surface area contributed by atoms with Crippen LogP contribution in [0.25, 0.3) is 0 Å². The Kier molecular flexibility index (Phi) is 4.18. The van der Waals surface area contributed by atoms with Crippen LogP contribution in [0.1, 0.15) is 20.8 Å². The first kappa shape index (κ1) is 14.7. The zero-order chi connectivity index (χ0) is 14.8. The molecule has 4 nitrogen and oxygen atoms in total. The van der Waals surface area contributed by atoms with Crippen LogP contribution in [-0.4, -0.2) is 15.5 Å². The third-order valence-corrected chi connectivity index (χ3v) is 3.86. The molecule has 0 fully saturated rings. The van der Waals surface area contributed by atoms with Gasteiger partial charge in [0.15, 0.2) is 5.16 Å². The fraction of sp³-hybridized carbons (Fsp3) is 0.333. The van der Waals surface area contributed by atoms with Gasteiger partial charge in [0.25, 0.3) is 0 Å². The number of hydrogen-bond acceptors (Lipinski definition) is 3. The molecule has 0 bridgehead atoms. The van der Waals surface area contributed by atoms with Crippen LogP contribution >= 0.6 is 11.8 Å². The van der Waals surface area contributed by atoms with Gasteiger partial charge in [0.1, 0.15) is 0 Å². The van der Waals surface area contributed by atoms with E-state index in [-0.39, 0.29) is 11.3 Å². The Hall–Kier alpha value is -1.75. The van der Waals surface area contributed by atoms with E-state index in [9.17, 15) is 4.79 Å². The quantitative estimate of drug-likeness (QED) is 0.940. The van der Waals surface area contributed by atoms with E-state index in [4.69, 9.17) is 0 Å². The molecule has 0 saturated carbocycles. The Bertz CT molecular complexity index is 596. The minimum Gasteiger partial charge on any atom is -0.329 e. The fourth-order valence-corrected chi connectivity index (χ4v) is 2.28. The number of benzene rings is 1. The van der Waals surface area contributed by atoms with Gasteiger partial charge < -0.3 is 9.88 Å². The number of nitrogens with one attached hydrogen (secondary N) is 1. The average molecular weight is 289 g/mol. The molecule has 0 spiro atoms. The van der Waals surface area contributed by atoms with Crippen molar-refractivity contribution >= 4 is 23.4 Å². The van der Waals surface area contributed by atoms with Crippen LogP contribution in [0.5, 0.6) is 0 Å². The highest BCUT2D eigenvalue weighted by Crippen LogP contribution is 2.27. The van der Waals surface area contributed by atoms with Gasteiger partial charge in [0.2, 0.25) is 5.91 Å². The summed E-state index contributed by atoms with van der Waals surface area (Å²) in [4.78, 5) is 17.3. The first-order valence-corrected chi connectivity index (χ1v) is 7.24. The molecule has 0 aliphatic carbocycles. The molecule has 0 radical (unpaired) electrons. The van der Waals surface area contributed by atoms with Gasteiger partial charge in [-0.2, -0.15) is 0 Å². The number of nitrogens with zero attached hydrogens (tertiary/aromatic N) is 2. The molecule has 106 valence electrons. The molecule has 5 heteroatoms. The highest BCUT2D eigenvalue weighted by molar-refractivity contribution is 7.99. The van der Waals surface area contributed by atoms with Crippen LogP contribution in [0.3, 0.4) is 0 Å². The lowest BCUT2D eigenvalue weighted by Crippen LogP contribution is -2.27. The first-order valence-electron chi connectivity index (χ1n) is 6.43. The van der Waals surface area contributed by atoms with Crippen LogP contribution in [0, 0.1) is 5.41 Å². The van der Waals surface area contributed by atoms with Crippen LogP contribution in [0.2, 0.25) is 0 Å². The maximum absolute atomic E-state index is 11.9. The minimum absolute atomic E-state index is 0.0157. The summed E-state index contributed by atoms with van der Waals surface area (Å²) in [6.45, 7) is 5.69. The smallest absolute Gasteiger partial charge is 0.229 e. The molecule has 1 heterocycles. The number of hydrogen-bond donors (Lipinski definition) is 1. The molecular weight excluding hydrogens is 270 g/mol. The van der Waals surface area contributed by atoms with Crippen molar-refractivity contribution in [3.05, 3.63) is 36.7 Å². The molecule has 1 N–H and O–H groups in total. The Morgan fingerprint density at radius 2 is 1.90 bits per heavy atom. The van der Waals surface area contributed by atoms with Gasteiger partial charge >= 0.3 is 0 Å². The van der Waals surface area contributed by atoms with E-state index in [1.165, 1.54) is 0 Å².